The van der Waals surface area contributed by atoms with Crippen LogP contribution in [0, 0.1) is 0 Å². The van der Waals surface area contributed by atoms with Gasteiger partial charge < -0.3 is 14.8 Å². The normalized spacial score (nSPS) is 9.70. The van der Waals surface area contributed by atoms with Crippen LogP contribution < -0.4 is 10.1 Å². The molecule has 1 N–H and O–H groups in total. The number of aromatic nitrogens is 1. The number of rotatable bonds is 5. The Morgan fingerprint density at radius 1 is 1.40 bits per heavy atom. The largest absolute Gasteiger partial charge is 0.497 e. The Kier molecular flexibility index (Phi) is 6.06. The second kappa shape index (κ2) is 7.55. The van der Waals surface area contributed by atoms with Gasteiger partial charge in [-0.05, 0) is 19.1 Å². The van der Waals surface area contributed by atoms with Crippen LogP contribution in [-0.2, 0) is 9.53 Å². The van der Waals surface area contributed by atoms with E-state index in [1.54, 1.807) is 20.2 Å². The average molecular weight is 297 g/mol. The molecule has 6 heteroatoms. The van der Waals surface area contributed by atoms with Gasteiger partial charge in [-0.1, -0.05) is 6.07 Å². The number of ether oxygens (including phenoxy) is 2. The summed E-state index contributed by atoms with van der Waals surface area (Å²) in [5.41, 5.74) is 1.55. The number of methoxy groups -OCH3 is 1. The molecule has 0 aliphatic carbocycles. The number of nitrogens with one attached hydrogen (secondary N) is 1. The molecule has 0 aliphatic heterocycles. The molecule has 0 bridgehead atoms. The molecule has 1 heterocycles. The third-order valence-electron chi connectivity index (χ3n) is 2.64. The first kappa shape index (κ1) is 16.0. The number of halogens is 1. The summed E-state index contributed by atoms with van der Waals surface area (Å²) in [6.45, 7) is 2.25. The zero-order chi connectivity index (χ0) is 13.7. The molecule has 0 radical (unpaired) electrons. The lowest BCUT2D eigenvalue weighted by Crippen LogP contribution is -2.17. The first-order valence-electron chi connectivity index (χ1n) is 6.07. The van der Waals surface area contributed by atoms with Crippen LogP contribution in [0.2, 0.25) is 0 Å². The van der Waals surface area contributed by atoms with Crippen LogP contribution in [0.25, 0.3) is 10.9 Å². The Hall–Kier alpha value is -2.01. The van der Waals surface area contributed by atoms with E-state index in [-0.39, 0.29) is 24.9 Å². The van der Waals surface area contributed by atoms with Gasteiger partial charge >= 0.3 is 5.97 Å². The average Bonchev–Trinajstić information content (AvgIpc) is 2.44. The van der Waals surface area contributed by atoms with Crippen LogP contribution in [0.15, 0.2) is 30.5 Å². The minimum atomic E-state index is -0.297. The van der Waals surface area contributed by atoms with Crippen molar-refractivity contribution >= 4 is 35.0 Å². The minimum Gasteiger partial charge on any atom is -0.497 e. The number of fused-ring (bicyclic) bond motifs is 1. The van der Waals surface area contributed by atoms with Gasteiger partial charge in [0.05, 0.1) is 24.9 Å². The summed E-state index contributed by atoms with van der Waals surface area (Å²) in [5, 5.41) is 3.98. The first-order valence-corrected chi connectivity index (χ1v) is 6.07. The van der Waals surface area contributed by atoms with E-state index < -0.39 is 0 Å². The van der Waals surface area contributed by atoms with E-state index >= 15 is 0 Å². The summed E-state index contributed by atoms with van der Waals surface area (Å²) < 4.78 is 10.1. The highest BCUT2D eigenvalue weighted by Gasteiger charge is 2.07. The fraction of sp³-hybridized carbons (Fsp3) is 0.286. The second-order valence-corrected chi connectivity index (χ2v) is 3.91. The maximum Gasteiger partial charge on any atom is 0.325 e. The molecule has 20 heavy (non-hydrogen) atoms. The lowest BCUT2D eigenvalue weighted by Gasteiger charge is -2.10. The topological polar surface area (TPSA) is 60.5 Å². The highest BCUT2D eigenvalue weighted by molar-refractivity contribution is 5.93. The van der Waals surface area contributed by atoms with Gasteiger partial charge in [-0.25, -0.2) is 0 Å². The number of pyridine rings is 1. The molecule has 0 amide bonds. The van der Waals surface area contributed by atoms with E-state index in [0.717, 1.165) is 16.6 Å². The molecule has 0 spiro atoms. The van der Waals surface area contributed by atoms with Crippen molar-refractivity contribution in [2.75, 3.05) is 25.6 Å². The van der Waals surface area contributed by atoms with Crippen molar-refractivity contribution in [1.82, 2.24) is 4.98 Å². The van der Waals surface area contributed by atoms with Gasteiger partial charge in [-0.2, -0.15) is 0 Å². The molecule has 108 valence electrons. The Morgan fingerprint density at radius 2 is 2.20 bits per heavy atom. The standard InChI is InChI=1S/C14H16N2O3.ClH/c1-3-19-13(17)9-16-12-8-11(18-2)7-10-5-4-6-15-14(10)12;/h4-8,16H,3,9H2,1-2H3;1H. The van der Waals surface area contributed by atoms with Crippen molar-refractivity contribution in [3.8, 4) is 5.75 Å². The molecule has 1 aromatic carbocycles. The highest BCUT2D eigenvalue weighted by atomic mass is 35.5. The molecule has 0 atom stereocenters. The number of hydrogen-bond acceptors (Lipinski definition) is 5. The third-order valence-corrected chi connectivity index (χ3v) is 2.64. The number of nitrogens with zero attached hydrogens (tertiary/aromatic N) is 1. The van der Waals surface area contributed by atoms with Crippen molar-refractivity contribution in [2.24, 2.45) is 0 Å². The van der Waals surface area contributed by atoms with Crippen molar-refractivity contribution in [3.05, 3.63) is 30.5 Å². The minimum absolute atomic E-state index is 0. The van der Waals surface area contributed by atoms with Crippen molar-refractivity contribution < 1.29 is 14.3 Å². The number of carbonyl (C=O) groups is 1. The Morgan fingerprint density at radius 3 is 2.90 bits per heavy atom. The fourth-order valence-electron chi connectivity index (χ4n) is 1.80. The Bertz CT molecular complexity index is 590. The second-order valence-electron chi connectivity index (χ2n) is 3.91. The van der Waals surface area contributed by atoms with Crippen LogP contribution in [0.5, 0.6) is 5.75 Å². The summed E-state index contributed by atoms with van der Waals surface area (Å²) in [5.74, 6) is 0.418. The number of anilines is 1. The van der Waals surface area contributed by atoms with Crippen LogP contribution >= 0.6 is 12.4 Å². The van der Waals surface area contributed by atoms with E-state index in [0.29, 0.717) is 12.4 Å². The van der Waals surface area contributed by atoms with Crippen molar-refractivity contribution in [1.29, 1.82) is 0 Å². The van der Waals surface area contributed by atoms with Crippen molar-refractivity contribution in [2.45, 2.75) is 6.92 Å². The maximum absolute atomic E-state index is 11.4. The van der Waals surface area contributed by atoms with E-state index in [9.17, 15) is 4.79 Å². The van der Waals surface area contributed by atoms with Gasteiger partial charge in [0, 0.05) is 17.6 Å². The van der Waals surface area contributed by atoms with Crippen LogP contribution in [-0.4, -0.2) is 31.2 Å². The monoisotopic (exact) mass is 296 g/mol. The summed E-state index contributed by atoms with van der Waals surface area (Å²) >= 11 is 0. The molecule has 1 aromatic heterocycles. The maximum atomic E-state index is 11.4. The molecular weight excluding hydrogens is 280 g/mol. The zero-order valence-electron chi connectivity index (χ0n) is 11.4. The molecule has 2 aromatic rings. The molecule has 2 rings (SSSR count). The quantitative estimate of drug-likeness (QED) is 0.860. The molecule has 0 saturated carbocycles. The van der Waals surface area contributed by atoms with Gasteiger partial charge in [0.15, 0.2) is 0 Å². The number of esters is 1. The third kappa shape index (κ3) is 3.74. The first-order chi connectivity index (χ1) is 9.24. The molecule has 0 aliphatic rings. The SMILES string of the molecule is CCOC(=O)CNc1cc(OC)cc2cccnc12.Cl. The van der Waals surface area contributed by atoms with Gasteiger partial charge in [0.1, 0.15) is 12.3 Å². The Labute approximate surface area is 123 Å². The highest BCUT2D eigenvalue weighted by Crippen LogP contribution is 2.27. The zero-order valence-corrected chi connectivity index (χ0v) is 12.2. The predicted molar refractivity (Wildman–Crippen MR) is 80.7 cm³/mol. The molecular formula is C14H17ClN2O3. The van der Waals surface area contributed by atoms with E-state index in [1.807, 2.05) is 24.3 Å². The Balaban J connectivity index is 0.00000200. The van der Waals surface area contributed by atoms with Crippen LogP contribution in [0.3, 0.4) is 0 Å². The smallest absolute Gasteiger partial charge is 0.325 e. The van der Waals surface area contributed by atoms with Gasteiger partial charge in [-0.15, -0.1) is 12.4 Å². The lowest BCUT2D eigenvalue weighted by atomic mass is 10.2. The van der Waals surface area contributed by atoms with Gasteiger partial charge in [0.2, 0.25) is 0 Å². The lowest BCUT2D eigenvalue weighted by molar-refractivity contribution is -0.140. The van der Waals surface area contributed by atoms with Crippen molar-refractivity contribution in [3.63, 3.8) is 0 Å². The summed E-state index contributed by atoms with van der Waals surface area (Å²) in [6.07, 6.45) is 1.71. The number of hydrogen-bond donors (Lipinski definition) is 1. The van der Waals surface area contributed by atoms with Gasteiger partial charge in [0.25, 0.3) is 0 Å². The summed E-state index contributed by atoms with van der Waals surface area (Å²) in [7, 11) is 1.60. The molecule has 0 unspecified atom stereocenters. The van der Waals surface area contributed by atoms with E-state index in [2.05, 4.69) is 10.3 Å². The fourth-order valence-corrected chi connectivity index (χ4v) is 1.80. The van der Waals surface area contributed by atoms with Crippen LogP contribution in [0.4, 0.5) is 5.69 Å². The number of benzene rings is 1. The predicted octanol–water partition coefficient (Wildman–Crippen LogP) is 2.64. The summed E-state index contributed by atoms with van der Waals surface area (Å²) in [4.78, 5) is 15.7. The summed E-state index contributed by atoms with van der Waals surface area (Å²) in [6, 6.07) is 7.52. The van der Waals surface area contributed by atoms with Crippen LogP contribution in [0.1, 0.15) is 6.92 Å². The van der Waals surface area contributed by atoms with E-state index in [1.165, 1.54) is 0 Å². The molecule has 0 saturated heterocycles. The van der Waals surface area contributed by atoms with E-state index in [4.69, 9.17) is 9.47 Å². The number of carbonyl (C=O) groups excluding carboxylic acids is 1. The molecule has 5 nitrogen and oxygen atoms in total. The molecule has 0 fully saturated rings. The van der Waals surface area contributed by atoms with Gasteiger partial charge in [-0.3, -0.25) is 9.78 Å².